The number of carboxylic acid groups (broad SMARTS) is 1. The summed E-state index contributed by atoms with van der Waals surface area (Å²) in [6, 6.07) is 10.2. The first-order valence-corrected chi connectivity index (χ1v) is 9.79. The van der Waals surface area contributed by atoms with Crippen LogP contribution in [0.3, 0.4) is 0 Å². The van der Waals surface area contributed by atoms with Crippen molar-refractivity contribution in [3.05, 3.63) is 35.9 Å². The van der Waals surface area contributed by atoms with Gasteiger partial charge in [0.2, 0.25) is 11.8 Å². The van der Waals surface area contributed by atoms with Crippen LogP contribution in [0, 0.1) is 5.41 Å². The van der Waals surface area contributed by atoms with Gasteiger partial charge < -0.3 is 14.9 Å². The minimum Gasteiger partial charge on any atom is -0.480 e. The lowest BCUT2D eigenvalue weighted by Gasteiger charge is -2.47. The van der Waals surface area contributed by atoms with E-state index in [1.165, 1.54) is 10.5 Å². The maximum Gasteiger partial charge on any atom is 0.323 e. The molecule has 0 atom stereocenters. The zero-order valence-electron chi connectivity index (χ0n) is 15.7. The molecule has 2 amide bonds. The van der Waals surface area contributed by atoms with Gasteiger partial charge in [-0.2, -0.15) is 0 Å². The van der Waals surface area contributed by atoms with E-state index in [0.717, 1.165) is 32.1 Å². The van der Waals surface area contributed by atoms with Gasteiger partial charge in [0.1, 0.15) is 6.54 Å². The van der Waals surface area contributed by atoms with Crippen molar-refractivity contribution in [2.75, 3.05) is 26.2 Å². The average molecular weight is 372 g/mol. The molecular formula is C21H28N2O4. The number of aryl methyl sites for hydroxylation is 1. The fourth-order valence-electron chi connectivity index (χ4n) is 4.29. The summed E-state index contributed by atoms with van der Waals surface area (Å²) in [6.07, 6.45) is 5.24. The molecule has 0 aromatic heterocycles. The summed E-state index contributed by atoms with van der Waals surface area (Å²) in [7, 11) is 0. The Bertz CT molecular complexity index is 681. The second kappa shape index (κ2) is 8.55. The molecule has 2 aliphatic heterocycles. The topological polar surface area (TPSA) is 77.9 Å². The molecule has 1 N–H and O–H groups in total. The van der Waals surface area contributed by atoms with Gasteiger partial charge in [0.15, 0.2) is 0 Å². The Balaban J connectivity index is 1.45. The molecule has 0 unspecified atom stereocenters. The number of piperidine rings is 2. The molecule has 0 aliphatic carbocycles. The van der Waals surface area contributed by atoms with Crippen molar-refractivity contribution < 1.29 is 19.5 Å². The van der Waals surface area contributed by atoms with Crippen LogP contribution < -0.4 is 0 Å². The van der Waals surface area contributed by atoms with Crippen molar-refractivity contribution in [1.82, 2.24) is 9.80 Å². The van der Waals surface area contributed by atoms with Crippen molar-refractivity contribution in [1.29, 1.82) is 0 Å². The summed E-state index contributed by atoms with van der Waals surface area (Å²) in [6.45, 7) is 1.70. The number of aliphatic carboxylic acids is 1. The van der Waals surface area contributed by atoms with Gasteiger partial charge in [-0.05, 0) is 43.1 Å². The van der Waals surface area contributed by atoms with E-state index in [4.69, 9.17) is 5.11 Å². The number of benzene rings is 1. The zero-order valence-corrected chi connectivity index (χ0v) is 15.7. The Labute approximate surface area is 160 Å². The first-order chi connectivity index (χ1) is 13.0. The van der Waals surface area contributed by atoms with Crippen LogP contribution in [0.4, 0.5) is 0 Å². The Morgan fingerprint density at radius 2 is 1.78 bits per heavy atom. The maximum atomic E-state index is 12.5. The molecule has 0 saturated carbocycles. The molecule has 0 bridgehead atoms. The lowest BCUT2D eigenvalue weighted by atomic mass is 9.72. The van der Waals surface area contributed by atoms with Gasteiger partial charge in [0.05, 0.1) is 0 Å². The third kappa shape index (κ3) is 5.08. The van der Waals surface area contributed by atoms with E-state index in [1.54, 1.807) is 0 Å². The van der Waals surface area contributed by atoms with Gasteiger partial charge >= 0.3 is 5.97 Å². The average Bonchev–Trinajstić information content (AvgIpc) is 2.66. The molecule has 27 heavy (non-hydrogen) atoms. The molecule has 0 radical (unpaired) electrons. The lowest BCUT2D eigenvalue weighted by Crippen LogP contribution is -2.53. The summed E-state index contributed by atoms with van der Waals surface area (Å²) in [4.78, 5) is 38.9. The molecular weight excluding hydrogens is 344 g/mol. The van der Waals surface area contributed by atoms with Gasteiger partial charge in [0, 0.05) is 32.5 Å². The third-order valence-electron chi connectivity index (χ3n) is 5.95. The number of hydrogen-bond donors (Lipinski definition) is 1. The molecule has 6 heteroatoms. The molecule has 2 heterocycles. The molecule has 2 aliphatic rings. The van der Waals surface area contributed by atoms with E-state index in [9.17, 15) is 14.4 Å². The van der Waals surface area contributed by atoms with Crippen LogP contribution in [0.5, 0.6) is 0 Å². The standard InChI is InChI=1S/C21H28N2O4/c24-18(8-4-7-17-5-2-1-3-6-17)22-13-11-21(12-14-22)10-9-19(25)23(16-21)15-20(26)27/h1-3,5-6H,4,7-16H2,(H,26,27). The number of carbonyl (C=O) groups is 3. The number of carbonyl (C=O) groups excluding carboxylic acids is 2. The molecule has 1 spiro atoms. The highest BCUT2D eigenvalue weighted by Gasteiger charge is 2.41. The van der Waals surface area contributed by atoms with Crippen LogP contribution in [0.25, 0.3) is 0 Å². The molecule has 6 nitrogen and oxygen atoms in total. The fourth-order valence-corrected chi connectivity index (χ4v) is 4.29. The highest BCUT2D eigenvalue weighted by atomic mass is 16.4. The predicted octanol–water partition coefficient (Wildman–Crippen LogP) is 2.33. The first kappa shape index (κ1) is 19.4. The van der Waals surface area contributed by atoms with Crippen LogP contribution in [0.15, 0.2) is 30.3 Å². The van der Waals surface area contributed by atoms with Gasteiger partial charge in [-0.1, -0.05) is 30.3 Å². The third-order valence-corrected chi connectivity index (χ3v) is 5.95. The van der Waals surface area contributed by atoms with E-state index in [-0.39, 0.29) is 23.8 Å². The summed E-state index contributed by atoms with van der Waals surface area (Å²) in [5, 5.41) is 9.00. The maximum absolute atomic E-state index is 12.5. The number of hydrogen-bond acceptors (Lipinski definition) is 3. The summed E-state index contributed by atoms with van der Waals surface area (Å²) in [5.74, 6) is -0.830. The summed E-state index contributed by atoms with van der Waals surface area (Å²) in [5.41, 5.74) is 1.23. The number of rotatable bonds is 6. The summed E-state index contributed by atoms with van der Waals surface area (Å²) < 4.78 is 0. The smallest absolute Gasteiger partial charge is 0.323 e. The largest absolute Gasteiger partial charge is 0.480 e. The van der Waals surface area contributed by atoms with Gasteiger partial charge in [0.25, 0.3) is 0 Å². The van der Waals surface area contributed by atoms with E-state index < -0.39 is 5.97 Å². The molecule has 2 saturated heterocycles. The van der Waals surface area contributed by atoms with Crippen molar-refractivity contribution in [2.45, 2.75) is 44.9 Å². The van der Waals surface area contributed by atoms with Crippen LogP contribution in [-0.4, -0.2) is 58.9 Å². The number of likely N-dealkylation sites (tertiary alicyclic amines) is 2. The predicted molar refractivity (Wildman–Crippen MR) is 101 cm³/mol. The number of nitrogens with zero attached hydrogens (tertiary/aromatic N) is 2. The van der Waals surface area contributed by atoms with Crippen LogP contribution in [-0.2, 0) is 20.8 Å². The normalized spacial score (nSPS) is 19.3. The Morgan fingerprint density at radius 3 is 2.44 bits per heavy atom. The van der Waals surface area contributed by atoms with Crippen molar-refractivity contribution in [2.24, 2.45) is 5.41 Å². The van der Waals surface area contributed by atoms with Gasteiger partial charge in [-0.25, -0.2) is 0 Å². The van der Waals surface area contributed by atoms with Crippen LogP contribution in [0.1, 0.15) is 44.1 Å². The second-order valence-electron chi connectivity index (χ2n) is 7.86. The number of amides is 2. The Morgan fingerprint density at radius 1 is 1.07 bits per heavy atom. The quantitative estimate of drug-likeness (QED) is 0.831. The minimum absolute atomic E-state index is 0.0236. The minimum atomic E-state index is -0.966. The summed E-state index contributed by atoms with van der Waals surface area (Å²) >= 11 is 0. The highest BCUT2D eigenvalue weighted by Crippen LogP contribution is 2.40. The SMILES string of the molecule is O=C(O)CN1CC2(CCC1=O)CCN(C(=O)CCCc1ccccc1)CC2. The number of carboxylic acids is 1. The zero-order chi connectivity index (χ0) is 19.3. The van der Waals surface area contributed by atoms with Crippen LogP contribution >= 0.6 is 0 Å². The van der Waals surface area contributed by atoms with E-state index >= 15 is 0 Å². The lowest BCUT2D eigenvalue weighted by molar-refractivity contribution is -0.150. The van der Waals surface area contributed by atoms with Crippen LogP contribution in [0.2, 0.25) is 0 Å². The molecule has 3 rings (SSSR count). The van der Waals surface area contributed by atoms with E-state index in [1.807, 2.05) is 23.1 Å². The molecule has 2 fully saturated rings. The van der Waals surface area contributed by atoms with E-state index in [0.29, 0.717) is 32.5 Å². The van der Waals surface area contributed by atoms with Gasteiger partial charge in [-0.15, -0.1) is 0 Å². The monoisotopic (exact) mass is 372 g/mol. The molecule has 1 aromatic carbocycles. The molecule has 1 aromatic rings. The fraction of sp³-hybridized carbons (Fsp3) is 0.571. The second-order valence-corrected chi connectivity index (χ2v) is 7.86. The first-order valence-electron chi connectivity index (χ1n) is 9.79. The van der Waals surface area contributed by atoms with Crippen molar-refractivity contribution >= 4 is 17.8 Å². The Hall–Kier alpha value is -2.37. The molecule has 146 valence electrons. The highest BCUT2D eigenvalue weighted by molar-refractivity contribution is 5.82. The van der Waals surface area contributed by atoms with E-state index in [2.05, 4.69) is 12.1 Å². The van der Waals surface area contributed by atoms with Crippen molar-refractivity contribution in [3.8, 4) is 0 Å². The van der Waals surface area contributed by atoms with Gasteiger partial charge in [-0.3, -0.25) is 14.4 Å². The Kier molecular flexibility index (Phi) is 6.14. The van der Waals surface area contributed by atoms with Crippen molar-refractivity contribution in [3.63, 3.8) is 0 Å².